The molecule has 0 spiro atoms. The number of hydrogen-bond acceptors (Lipinski definition) is 4. The maximum Gasteiger partial charge on any atom is 0.191 e. The van der Waals surface area contributed by atoms with Crippen molar-refractivity contribution < 1.29 is 4.42 Å². The number of likely N-dealkylation sites (tertiary alicyclic amines) is 1. The smallest absolute Gasteiger partial charge is 0.191 e. The Morgan fingerprint density at radius 1 is 1.17 bits per heavy atom. The minimum atomic E-state index is 0. The second-order valence-corrected chi connectivity index (χ2v) is 8.15. The van der Waals surface area contributed by atoms with E-state index in [9.17, 15) is 0 Å². The molecule has 5 nitrogen and oxygen atoms in total. The molecule has 0 atom stereocenters. The van der Waals surface area contributed by atoms with Crippen molar-refractivity contribution in [2.24, 2.45) is 4.99 Å². The standard InChI is InChI=1S/C22H32N4OS.HI/c1-28-17-13-24-22(23-12-9-21-8-5-16-27-21)25-20-10-14-26(15-11-20)18-19-6-3-2-4-7-19;/h2-8,16,20H,9-15,17-18H2,1H3,(H2,23,24,25);1H. The summed E-state index contributed by atoms with van der Waals surface area (Å²) in [7, 11) is 0. The third-order valence-corrected chi connectivity index (χ3v) is 5.58. The van der Waals surface area contributed by atoms with Gasteiger partial charge in [-0.1, -0.05) is 30.3 Å². The van der Waals surface area contributed by atoms with Gasteiger partial charge in [0, 0.05) is 44.4 Å². The minimum Gasteiger partial charge on any atom is -0.469 e. The molecule has 0 radical (unpaired) electrons. The molecule has 1 fully saturated rings. The van der Waals surface area contributed by atoms with E-state index >= 15 is 0 Å². The lowest BCUT2D eigenvalue weighted by atomic mass is 10.0. The molecule has 0 aliphatic carbocycles. The van der Waals surface area contributed by atoms with E-state index in [1.165, 1.54) is 5.56 Å². The normalized spacial score (nSPS) is 15.7. The van der Waals surface area contributed by atoms with Gasteiger partial charge in [-0.15, -0.1) is 24.0 Å². The highest BCUT2D eigenvalue weighted by Crippen LogP contribution is 2.14. The maximum atomic E-state index is 5.42. The number of nitrogens with zero attached hydrogens (tertiary/aromatic N) is 2. The zero-order valence-electron chi connectivity index (χ0n) is 17.2. The van der Waals surface area contributed by atoms with Crippen LogP contribution in [0.25, 0.3) is 0 Å². The summed E-state index contributed by atoms with van der Waals surface area (Å²) in [4.78, 5) is 7.29. The summed E-state index contributed by atoms with van der Waals surface area (Å²) in [6, 6.07) is 15.2. The van der Waals surface area contributed by atoms with Gasteiger partial charge in [0.05, 0.1) is 12.8 Å². The van der Waals surface area contributed by atoms with Gasteiger partial charge in [0.15, 0.2) is 5.96 Å². The first-order valence-electron chi connectivity index (χ1n) is 10.2. The van der Waals surface area contributed by atoms with Crippen molar-refractivity contribution in [1.29, 1.82) is 0 Å². The fourth-order valence-electron chi connectivity index (χ4n) is 3.43. The van der Waals surface area contributed by atoms with Gasteiger partial charge < -0.3 is 15.1 Å². The summed E-state index contributed by atoms with van der Waals surface area (Å²) in [5.41, 5.74) is 1.40. The average Bonchev–Trinajstić information content (AvgIpc) is 3.24. The first-order chi connectivity index (χ1) is 13.8. The zero-order valence-corrected chi connectivity index (χ0v) is 20.3. The Balaban J connectivity index is 0.00000300. The molecule has 29 heavy (non-hydrogen) atoms. The molecule has 1 aliphatic heterocycles. The van der Waals surface area contributed by atoms with Crippen LogP contribution in [0.1, 0.15) is 24.2 Å². The predicted octanol–water partition coefficient (Wildman–Crippen LogP) is 4.00. The van der Waals surface area contributed by atoms with Crippen molar-refractivity contribution in [3.05, 3.63) is 60.1 Å². The van der Waals surface area contributed by atoms with Crippen LogP contribution in [0.15, 0.2) is 58.1 Å². The highest BCUT2D eigenvalue weighted by Gasteiger charge is 2.20. The Morgan fingerprint density at radius 3 is 2.66 bits per heavy atom. The molecule has 2 heterocycles. The maximum absolute atomic E-state index is 5.42. The highest BCUT2D eigenvalue weighted by molar-refractivity contribution is 14.0. The lowest BCUT2D eigenvalue weighted by Gasteiger charge is -2.33. The van der Waals surface area contributed by atoms with E-state index in [-0.39, 0.29) is 24.0 Å². The number of benzene rings is 1. The topological polar surface area (TPSA) is 52.8 Å². The lowest BCUT2D eigenvalue weighted by Crippen LogP contribution is -2.49. The molecule has 3 rings (SSSR count). The molecule has 1 aromatic heterocycles. The Kier molecular flexibility index (Phi) is 11.6. The van der Waals surface area contributed by atoms with E-state index in [2.05, 4.69) is 52.1 Å². The summed E-state index contributed by atoms with van der Waals surface area (Å²) < 4.78 is 5.42. The van der Waals surface area contributed by atoms with Gasteiger partial charge in [-0.3, -0.25) is 9.89 Å². The SMILES string of the molecule is CSCCN=C(NCCc1ccco1)NC1CCN(Cc2ccccc2)CC1.I. The van der Waals surface area contributed by atoms with Crippen LogP contribution < -0.4 is 10.6 Å². The van der Waals surface area contributed by atoms with Gasteiger partial charge in [-0.2, -0.15) is 11.8 Å². The molecule has 1 saturated heterocycles. The van der Waals surface area contributed by atoms with E-state index in [0.29, 0.717) is 6.04 Å². The number of aliphatic imine (C=N–C) groups is 1. The summed E-state index contributed by atoms with van der Waals surface area (Å²) >= 11 is 1.83. The van der Waals surface area contributed by atoms with Crippen LogP contribution in [0.5, 0.6) is 0 Å². The number of guanidine groups is 1. The Labute approximate surface area is 196 Å². The van der Waals surface area contributed by atoms with Crippen LogP contribution in [-0.2, 0) is 13.0 Å². The van der Waals surface area contributed by atoms with Crippen molar-refractivity contribution >= 4 is 41.7 Å². The van der Waals surface area contributed by atoms with Crippen LogP contribution in [0, 0.1) is 0 Å². The number of hydrogen-bond donors (Lipinski definition) is 2. The molecule has 2 aromatic rings. The van der Waals surface area contributed by atoms with Crippen LogP contribution in [0.2, 0.25) is 0 Å². The average molecular weight is 529 g/mol. The van der Waals surface area contributed by atoms with Gasteiger partial charge in [0.1, 0.15) is 5.76 Å². The van der Waals surface area contributed by atoms with Crippen LogP contribution >= 0.6 is 35.7 Å². The van der Waals surface area contributed by atoms with E-state index < -0.39 is 0 Å². The molecule has 7 heteroatoms. The van der Waals surface area contributed by atoms with E-state index in [0.717, 1.165) is 69.5 Å². The number of nitrogens with one attached hydrogen (secondary N) is 2. The number of piperidine rings is 1. The number of halogens is 1. The summed E-state index contributed by atoms with van der Waals surface area (Å²) in [6.45, 7) is 4.95. The van der Waals surface area contributed by atoms with Crippen LogP contribution in [0.4, 0.5) is 0 Å². The molecule has 0 unspecified atom stereocenters. The molecule has 2 N–H and O–H groups in total. The van der Waals surface area contributed by atoms with Crippen LogP contribution in [-0.4, -0.2) is 55.1 Å². The second kappa shape index (κ2) is 13.9. The third kappa shape index (κ3) is 9.00. The fourth-order valence-corrected chi connectivity index (χ4v) is 3.70. The van der Waals surface area contributed by atoms with Crippen molar-refractivity contribution in [2.45, 2.75) is 31.8 Å². The first kappa shape index (κ1) is 24.1. The summed E-state index contributed by atoms with van der Waals surface area (Å²) in [6.07, 6.45) is 7.01. The highest BCUT2D eigenvalue weighted by atomic mass is 127. The second-order valence-electron chi connectivity index (χ2n) is 7.16. The number of rotatable bonds is 9. The quantitative estimate of drug-likeness (QED) is 0.223. The fraction of sp³-hybridized carbons (Fsp3) is 0.500. The van der Waals surface area contributed by atoms with E-state index in [1.54, 1.807) is 6.26 Å². The van der Waals surface area contributed by atoms with Gasteiger partial charge in [0.25, 0.3) is 0 Å². The minimum absolute atomic E-state index is 0. The van der Waals surface area contributed by atoms with Gasteiger partial charge >= 0.3 is 0 Å². The first-order valence-corrected chi connectivity index (χ1v) is 11.6. The Morgan fingerprint density at radius 2 is 1.97 bits per heavy atom. The van der Waals surface area contributed by atoms with Crippen LogP contribution in [0.3, 0.4) is 0 Å². The van der Waals surface area contributed by atoms with E-state index in [4.69, 9.17) is 9.41 Å². The summed E-state index contributed by atoms with van der Waals surface area (Å²) in [5.74, 6) is 2.98. The zero-order chi connectivity index (χ0) is 19.4. The predicted molar refractivity (Wildman–Crippen MR) is 134 cm³/mol. The molecule has 0 saturated carbocycles. The molecule has 0 bridgehead atoms. The largest absolute Gasteiger partial charge is 0.469 e. The van der Waals surface area contributed by atoms with Gasteiger partial charge in [-0.05, 0) is 36.8 Å². The molecule has 1 aliphatic rings. The van der Waals surface area contributed by atoms with Crippen molar-refractivity contribution in [3.63, 3.8) is 0 Å². The Hall–Kier alpha value is -1.19. The number of thioether (sulfide) groups is 1. The van der Waals surface area contributed by atoms with Gasteiger partial charge in [-0.25, -0.2) is 0 Å². The monoisotopic (exact) mass is 528 g/mol. The lowest BCUT2D eigenvalue weighted by molar-refractivity contribution is 0.198. The van der Waals surface area contributed by atoms with Crippen molar-refractivity contribution in [3.8, 4) is 0 Å². The molecule has 1 aromatic carbocycles. The Bertz CT molecular complexity index is 688. The van der Waals surface area contributed by atoms with Crippen molar-refractivity contribution in [2.75, 3.05) is 38.2 Å². The summed E-state index contributed by atoms with van der Waals surface area (Å²) in [5, 5.41) is 7.12. The van der Waals surface area contributed by atoms with E-state index in [1.807, 2.05) is 23.9 Å². The van der Waals surface area contributed by atoms with Crippen molar-refractivity contribution in [1.82, 2.24) is 15.5 Å². The third-order valence-electron chi connectivity index (χ3n) is 4.99. The molecular formula is C22H33IN4OS. The number of furan rings is 1. The van der Waals surface area contributed by atoms with Gasteiger partial charge in [0.2, 0.25) is 0 Å². The molecular weight excluding hydrogens is 495 g/mol. The molecule has 160 valence electrons. The molecule has 0 amide bonds.